The van der Waals surface area contributed by atoms with Crippen LogP contribution < -0.4 is 0 Å². The third-order valence-corrected chi connectivity index (χ3v) is 2.93. The Kier molecular flexibility index (Phi) is 4.29. The van der Waals surface area contributed by atoms with Gasteiger partial charge in [0.2, 0.25) is 5.78 Å². The molecule has 0 spiro atoms. The summed E-state index contributed by atoms with van der Waals surface area (Å²) in [4.78, 5) is 23.7. The Morgan fingerprint density at radius 1 is 1.05 bits per heavy atom. The summed E-state index contributed by atoms with van der Waals surface area (Å²) in [7, 11) is 0. The van der Waals surface area contributed by atoms with Crippen molar-refractivity contribution in [1.82, 2.24) is 0 Å². The second kappa shape index (κ2) is 6.14. The predicted molar refractivity (Wildman–Crippen MR) is 72.4 cm³/mol. The Bertz CT molecular complexity index is 550. The molecule has 3 heteroatoms. The number of benzene rings is 1. The summed E-state index contributed by atoms with van der Waals surface area (Å²) < 4.78 is 4.98. The molecule has 0 radical (unpaired) electrons. The number of rotatable bonds is 6. The first-order chi connectivity index (χ1) is 9.20. The van der Waals surface area contributed by atoms with Crippen LogP contribution in [0.25, 0.3) is 0 Å². The van der Waals surface area contributed by atoms with E-state index in [0.29, 0.717) is 5.56 Å². The molecule has 0 N–H and O–H groups in total. The smallest absolute Gasteiger partial charge is 0.205 e. The molecular weight excluding hydrogens is 240 g/mol. The minimum atomic E-state index is -0.285. The standard InChI is InChI=1S/C16H16O3/c1-2-4-12-6-8-13(9-7-12)14(17)11-15(18)16-5-3-10-19-16/h3,5-10H,2,4,11H2,1H3. The molecular formula is C16H16O3. The lowest BCUT2D eigenvalue weighted by Gasteiger charge is -2.02. The van der Waals surface area contributed by atoms with Gasteiger partial charge in [0.05, 0.1) is 12.7 Å². The first kappa shape index (κ1) is 13.3. The number of hydrogen-bond acceptors (Lipinski definition) is 3. The van der Waals surface area contributed by atoms with E-state index in [1.54, 1.807) is 24.3 Å². The second-order valence-corrected chi connectivity index (χ2v) is 4.45. The van der Waals surface area contributed by atoms with Crippen molar-refractivity contribution in [3.05, 3.63) is 59.5 Å². The molecule has 2 rings (SSSR count). The van der Waals surface area contributed by atoms with Gasteiger partial charge in [-0.3, -0.25) is 9.59 Å². The summed E-state index contributed by atoms with van der Waals surface area (Å²) in [5, 5.41) is 0. The van der Waals surface area contributed by atoms with Gasteiger partial charge in [0, 0.05) is 5.56 Å². The summed E-state index contributed by atoms with van der Waals surface area (Å²) >= 11 is 0. The van der Waals surface area contributed by atoms with Gasteiger partial charge in [0.15, 0.2) is 11.5 Å². The lowest BCUT2D eigenvalue weighted by molar-refractivity contribution is 0.0878. The number of carbonyl (C=O) groups excluding carboxylic acids is 2. The molecule has 0 fully saturated rings. The molecule has 0 unspecified atom stereocenters. The van der Waals surface area contributed by atoms with Gasteiger partial charge in [-0.2, -0.15) is 0 Å². The maximum absolute atomic E-state index is 12.0. The fourth-order valence-corrected chi connectivity index (χ4v) is 1.92. The molecule has 0 saturated heterocycles. The van der Waals surface area contributed by atoms with Crippen LogP contribution in [0, 0.1) is 0 Å². The molecule has 0 aliphatic heterocycles. The summed E-state index contributed by atoms with van der Waals surface area (Å²) in [6.07, 6.45) is 3.35. The van der Waals surface area contributed by atoms with Gasteiger partial charge in [0.1, 0.15) is 0 Å². The van der Waals surface area contributed by atoms with E-state index < -0.39 is 0 Å². The molecule has 0 amide bonds. The van der Waals surface area contributed by atoms with Crippen molar-refractivity contribution in [3.63, 3.8) is 0 Å². The van der Waals surface area contributed by atoms with E-state index in [0.717, 1.165) is 12.8 Å². The van der Waals surface area contributed by atoms with Crippen molar-refractivity contribution in [1.29, 1.82) is 0 Å². The average Bonchev–Trinajstić information content (AvgIpc) is 2.94. The van der Waals surface area contributed by atoms with Crippen molar-refractivity contribution < 1.29 is 14.0 Å². The summed E-state index contributed by atoms with van der Waals surface area (Å²) in [5.74, 6) is -0.229. The largest absolute Gasteiger partial charge is 0.461 e. The predicted octanol–water partition coefficient (Wildman–Crippen LogP) is 3.69. The van der Waals surface area contributed by atoms with Gasteiger partial charge < -0.3 is 4.42 Å². The lowest BCUT2D eigenvalue weighted by atomic mass is 10.0. The van der Waals surface area contributed by atoms with E-state index in [1.165, 1.54) is 11.8 Å². The number of aryl methyl sites for hydroxylation is 1. The molecule has 19 heavy (non-hydrogen) atoms. The molecule has 0 aliphatic rings. The highest BCUT2D eigenvalue weighted by Gasteiger charge is 2.15. The summed E-state index contributed by atoms with van der Waals surface area (Å²) in [6, 6.07) is 10.6. The van der Waals surface area contributed by atoms with Gasteiger partial charge in [-0.1, -0.05) is 37.6 Å². The van der Waals surface area contributed by atoms with Crippen LogP contribution in [0.5, 0.6) is 0 Å². The third-order valence-electron chi connectivity index (χ3n) is 2.93. The molecule has 98 valence electrons. The maximum atomic E-state index is 12.0. The van der Waals surface area contributed by atoms with Gasteiger partial charge in [-0.05, 0) is 24.1 Å². The number of carbonyl (C=O) groups is 2. The fourth-order valence-electron chi connectivity index (χ4n) is 1.92. The highest BCUT2D eigenvalue weighted by molar-refractivity contribution is 6.12. The molecule has 1 heterocycles. The van der Waals surface area contributed by atoms with Gasteiger partial charge in [-0.25, -0.2) is 0 Å². The Hall–Kier alpha value is -2.16. The van der Waals surface area contributed by atoms with E-state index in [2.05, 4.69) is 6.92 Å². The molecule has 3 nitrogen and oxygen atoms in total. The summed E-state index contributed by atoms with van der Waals surface area (Å²) in [6.45, 7) is 2.11. The fraction of sp³-hybridized carbons (Fsp3) is 0.250. The monoisotopic (exact) mass is 256 g/mol. The zero-order chi connectivity index (χ0) is 13.7. The number of ketones is 2. The van der Waals surface area contributed by atoms with Crippen LogP contribution in [0.3, 0.4) is 0 Å². The van der Waals surface area contributed by atoms with Crippen LogP contribution in [-0.4, -0.2) is 11.6 Å². The Labute approximate surface area is 112 Å². The second-order valence-electron chi connectivity index (χ2n) is 4.45. The molecule has 1 aromatic carbocycles. The molecule has 2 aromatic rings. The molecule has 0 atom stereocenters. The van der Waals surface area contributed by atoms with Crippen LogP contribution in [-0.2, 0) is 6.42 Å². The molecule has 0 saturated carbocycles. The molecule has 1 aromatic heterocycles. The van der Waals surface area contributed by atoms with Crippen molar-refractivity contribution >= 4 is 11.6 Å². The van der Waals surface area contributed by atoms with Crippen LogP contribution in [0.2, 0.25) is 0 Å². The molecule has 0 bridgehead atoms. The van der Waals surface area contributed by atoms with Crippen LogP contribution in [0.4, 0.5) is 0 Å². The Morgan fingerprint density at radius 3 is 2.37 bits per heavy atom. The van der Waals surface area contributed by atoms with Gasteiger partial charge >= 0.3 is 0 Å². The minimum absolute atomic E-state index is 0.152. The number of furan rings is 1. The van der Waals surface area contributed by atoms with Crippen molar-refractivity contribution in [2.45, 2.75) is 26.2 Å². The van der Waals surface area contributed by atoms with E-state index in [4.69, 9.17) is 4.42 Å². The zero-order valence-electron chi connectivity index (χ0n) is 10.9. The van der Waals surface area contributed by atoms with E-state index in [9.17, 15) is 9.59 Å². The highest BCUT2D eigenvalue weighted by Crippen LogP contribution is 2.11. The van der Waals surface area contributed by atoms with Gasteiger partial charge in [-0.15, -0.1) is 0 Å². The summed E-state index contributed by atoms with van der Waals surface area (Å²) in [5.41, 5.74) is 1.77. The zero-order valence-corrected chi connectivity index (χ0v) is 10.9. The average molecular weight is 256 g/mol. The topological polar surface area (TPSA) is 47.3 Å². The normalized spacial score (nSPS) is 10.4. The van der Waals surface area contributed by atoms with E-state index in [1.807, 2.05) is 12.1 Å². The van der Waals surface area contributed by atoms with E-state index in [-0.39, 0.29) is 23.7 Å². The van der Waals surface area contributed by atoms with Crippen molar-refractivity contribution in [2.24, 2.45) is 0 Å². The van der Waals surface area contributed by atoms with Crippen LogP contribution >= 0.6 is 0 Å². The van der Waals surface area contributed by atoms with Crippen molar-refractivity contribution in [2.75, 3.05) is 0 Å². The highest BCUT2D eigenvalue weighted by atomic mass is 16.3. The first-order valence-electron chi connectivity index (χ1n) is 6.39. The van der Waals surface area contributed by atoms with Crippen LogP contribution in [0.1, 0.15) is 46.2 Å². The van der Waals surface area contributed by atoms with Crippen LogP contribution in [0.15, 0.2) is 47.1 Å². The minimum Gasteiger partial charge on any atom is -0.461 e. The molecule has 0 aliphatic carbocycles. The van der Waals surface area contributed by atoms with E-state index >= 15 is 0 Å². The SMILES string of the molecule is CCCc1ccc(C(=O)CC(=O)c2ccco2)cc1. The number of hydrogen-bond donors (Lipinski definition) is 0. The van der Waals surface area contributed by atoms with Crippen molar-refractivity contribution in [3.8, 4) is 0 Å². The quantitative estimate of drug-likeness (QED) is 0.585. The van der Waals surface area contributed by atoms with Gasteiger partial charge in [0.25, 0.3) is 0 Å². The number of Topliss-reactive ketones (excluding diaryl/α,β-unsaturated/α-hetero) is 2. The third kappa shape index (κ3) is 3.41. The Morgan fingerprint density at radius 2 is 1.79 bits per heavy atom. The maximum Gasteiger partial charge on any atom is 0.205 e. The first-order valence-corrected chi connectivity index (χ1v) is 6.39. The Balaban J connectivity index is 2.01. The lowest BCUT2D eigenvalue weighted by Crippen LogP contribution is -2.07.